The maximum Gasteiger partial charge on any atom is 0.173 e. The molecule has 0 aromatic heterocycles. The molecule has 0 bridgehead atoms. The summed E-state index contributed by atoms with van der Waals surface area (Å²) in [4.78, 5) is 0. The molecule has 0 heterocycles. The summed E-state index contributed by atoms with van der Waals surface area (Å²) in [6.45, 7) is 0. The summed E-state index contributed by atoms with van der Waals surface area (Å²) in [6, 6.07) is 4.84. The van der Waals surface area contributed by atoms with Crippen LogP contribution in [0.25, 0.3) is 0 Å². The molecule has 1 aromatic rings. The van der Waals surface area contributed by atoms with Crippen molar-refractivity contribution in [2.75, 3.05) is 7.11 Å². The Balaban J connectivity index is 3.21. The Morgan fingerprint density at radius 2 is 2.31 bits per heavy atom. The van der Waals surface area contributed by atoms with Crippen LogP contribution in [0.4, 0.5) is 4.39 Å². The number of nitrogens with zero attached hydrogens (tertiary/aromatic N) is 1. The summed E-state index contributed by atoms with van der Waals surface area (Å²) < 4.78 is 18.1. The topological polar surface area (TPSA) is 33.0 Å². The molecule has 68 valence electrons. The number of nitriles is 1. The van der Waals surface area contributed by atoms with E-state index >= 15 is 0 Å². The van der Waals surface area contributed by atoms with Gasteiger partial charge in [-0.2, -0.15) is 5.26 Å². The zero-order valence-electron chi connectivity index (χ0n) is 6.97. The lowest BCUT2D eigenvalue weighted by Gasteiger charge is -2.06. The molecule has 0 aliphatic rings. The van der Waals surface area contributed by atoms with Gasteiger partial charge >= 0.3 is 0 Å². The maximum atomic E-state index is 13.4. The fourth-order valence-corrected chi connectivity index (χ4v) is 1.21. The van der Waals surface area contributed by atoms with Gasteiger partial charge in [-0.1, -0.05) is 17.7 Å². The van der Waals surface area contributed by atoms with E-state index in [2.05, 4.69) is 0 Å². The van der Waals surface area contributed by atoms with E-state index in [1.807, 2.05) is 6.07 Å². The van der Waals surface area contributed by atoms with Gasteiger partial charge in [0.25, 0.3) is 0 Å². The Morgan fingerprint density at radius 1 is 1.62 bits per heavy atom. The average molecular weight is 200 g/mol. The number of hydrogen-bond acceptors (Lipinski definition) is 2. The molecular weight excluding hydrogens is 193 g/mol. The van der Waals surface area contributed by atoms with Gasteiger partial charge in [0.15, 0.2) is 11.6 Å². The second-order valence-corrected chi connectivity index (χ2v) is 2.80. The van der Waals surface area contributed by atoms with Gasteiger partial charge in [0, 0.05) is 5.56 Å². The van der Waals surface area contributed by atoms with Crippen LogP contribution in [-0.4, -0.2) is 7.11 Å². The molecule has 0 fully saturated rings. The van der Waals surface area contributed by atoms with Gasteiger partial charge in [0.05, 0.1) is 24.6 Å². The minimum atomic E-state index is -0.559. The lowest BCUT2D eigenvalue weighted by Crippen LogP contribution is -1.94. The molecule has 0 amide bonds. The third kappa shape index (κ3) is 1.90. The Kier molecular flexibility index (Phi) is 3.10. The van der Waals surface area contributed by atoms with Crippen molar-refractivity contribution in [2.24, 2.45) is 0 Å². The van der Waals surface area contributed by atoms with Crippen LogP contribution in [0.5, 0.6) is 5.75 Å². The van der Waals surface area contributed by atoms with Crippen molar-refractivity contribution in [1.82, 2.24) is 0 Å². The number of halogens is 2. The molecule has 13 heavy (non-hydrogen) atoms. The van der Waals surface area contributed by atoms with E-state index in [0.29, 0.717) is 5.56 Å². The summed E-state index contributed by atoms with van der Waals surface area (Å²) >= 11 is 5.65. The van der Waals surface area contributed by atoms with Gasteiger partial charge in [0.1, 0.15) is 0 Å². The van der Waals surface area contributed by atoms with Crippen molar-refractivity contribution < 1.29 is 9.13 Å². The molecule has 0 N–H and O–H groups in total. The van der Waals surface area contributed by atoms with E-state index in [4.69, 9.17) is 21.6 Å². The van der Waals surface area contributed by atoms with Crippen LogP contribution in [0.3, 0.4) is 0 Å². The molecule has 2 nitrogen and oxygen atoms in total. The average Bonchev–Trinajstić information content (AvgIpc) is 2.11. The third-order valence-electron chi connectivity index (χ3n) is 1.60. The van der Waals surface area contributed by atoms with Crippen LogP contribution in [-0.2, 0) is 6.42 Å². The first kappa shape index (κ1) is 9.82. The number of benzene rings is 1. The first-order valence-electron chi connectivity index (χ1n) is 3.58. The van der Waals surface area contributed by atoms with Gasteiger partial charge < -0.3 is 4.74 Å². The molecule has 0 atom stereocenters. The van der Waals surface area contributed by atoms with Gasteiger partial charge in [-0.05, 0) is 6.07 Å². The van der Waals surface area contributed by atoms with Crippen molar-refractivity contribution in [2.45, 2.75) is 6.42 Å². The van der Waals surface area contributed by atoms with Crippen molar-refractivity contribution in [3.8, 4) is 11.8 Å². The fourth-order valence-electron chi connectivity index (χ4n) is 0.982. The first-order chi connectivity index (χ1) is 6.20. The van der Waals surface area contributed by atoms with E-state index < -0.39 is 5.82 Å². The summed E-state index contributed by atoms with van der Waals surface area (Å²) in [7, 11) is 1.33. The molecule has 0 spiro atoms. The Hall–Kier alpha value is -1.27. The zero-order valence-corrected chi connectivity index (χ0v) is 7.73. The maximum absolute atomic E-state index is 13.4. The standard InChI is InChI=1S/C9H7ClFNO/c1-13-9-7(10)3-2-6(4-5-12)8(9)11/h2-3H,4H2,1H3. The number of ether oxygens (including phenoxy) is 1. The van der Waals surface area contributed by atoms with Crippen LogP contribution in [0.2, 0.25) is 5.02 Å². The molecule has 0 aliphatic heterocycles. The molecule has 0 aliphatic carbocycles. The molecule has 0 saturated heterocycles. The molecule has 1 rings (SSSR count). The van der Waals surface area contributed by atoms with E-state index in [1.54, 1.807) is 0 Å². The quantitative estimate of drug-likeness (QED) is 0.734. The second kappa shape index (κ2) is 4.11. The van der Waals surface area contributed by atoms with E-state index in [0.717, 1.165) is 0 Å². The van der Waals surface area contributed by atoms with E-state index in [9.17, 15) is 4.39 Å². The molecule has 0 unspecified atom stereocenters. The van der Waals surface area contributed by atoms with Gasteiger partial charge in [-0.25, -0.2) is 4.39 Å². The van der Waals surface area contributed by atoms with Crippen LogP contribution >= 0.6 is 11.6 Å². The van der Waals surface area contributed by atoms with Crippen LogP contribution < -0.4 is 4.74 Å². The highest BCUT2D eigenvalue weighted by Gasteiger charge is 2.11. The highest BCUT2D eigenvalue weighted by Crippen LogP contribution is 2.29. The molecule has 1 aromatic carbocycles. The van der Waals surface area contributed by atoms with E-state index in [1.165, 1.54) is 19.2 Å². The van der Waals surface area contributed by atoms with Crippen molar-refractivity contribution in [1.29, 1.82) is 5.26 Å². The Morgan fingerprint density at radius 3 is 2.85 bits per heavy atom. The lowest BCUT2D eigenvalue weighted by molar-refractivity contribution is 0.385. The monoisotopic (exact) mass is 199 g/mol. The molecular formula is C9H7ClFNO. The zero-order chi connectivity index (χ0) is 9.84. The van der Waals surface area contributed by atoms with Crippen molar-refractivity contribution >= 4 is 11.6 Å². The highest BCUT2D eigenvalue weighted by atomic mass is 35.5. The molecule has 0 saturated carbocycles. The van der Waals surface area contributed by atoms with Crippen LogP contribution in [0.1, 0.15) is 5.56 Å². The predicted octanol–water partition coefficient (Wildman–Crippen LogP) is 2.55. The smallest absolute Gasteiger partial charge is 0.173 e. The lowest BCUT2D eigenvalue weighted by atomic mass is 10.1. The Bertz CT molecular complexity index is 359. The summed E-state index contributed by atoms with van der Waals surface area (Å²) in [5.74, 6) is -0.564. The summed E-state index contributed by atoms with van der Waals surface area (Å²) in [6.07, 6.45) is 0.0133. The fraction of sp³-hybridized carbons (Fsp3) is 0.222. The first-order valence-corrected chi connectivity index (χ1v) is 3.96. The summed E-state index contributed by atoms with van der Waals surface area (Å²) in [5, 5.41) is 8.60. The predicted molar refractivity (Wildman–Crippen MR) is 47.3 cm³/mol. The largest absolute Gasteiger partial charge is 0.492 e. The molecule has 0 radical (unpaired) electrons. The normalized spacial score (nSPS) is 9.38. The third-order valence-corrected chi connectivity index (χ3v) is 1.90. The van der Waals surface area contributed by atoms with Crippen molar-refractivity contribution in [3.05, 3.63) is 28.5 Å². The van der Waals surface area contributed by atoms with Gasteiger partial charge in [-0.3, -0.25) is 0 Å². The summed E-state index contributed by atoms with van der Waals surface area (Å²) in [5.41, 5.74) is 0.295. The number of hydrogen-bond donors (Lipinski definition) is 0. The second-order valence-electron chi connectivity index (χ2n) is 2.39. The minimum Gasteiger partial charge on any atom is -0.492 e. The SMILES string of the molecule is COc1c(Cl)ccc(CC#N)c1F. The minimum absolute atomic E-state index is 0.00517. The van der Waals surface area contributed by atoms with Gasteiger partial charge in [-0.15, -0.1) is 0 Å². The number of methoxy groups -OCH3 is 1. The van der Waals surface area contributed by atoms with Gasteiger partial charge in [0.2, 0.25) is 0 Å². The van der Waals surface area contributed by atoms with Crippen LogP contribution in [0, 0.1) is 17.1 Å². The number of rotatable bonds is 2. The highest BCUT2D eigenvalue weighted by molar-refractivity contribution is 6.32. The van der Waals surface area contributed by atoms with Crippen LogP contribution in [0.15, 0.2) is 12.1 Å². The van der Waals surface area contributed by atoms with Crippen molar-refractivity contribution in [3.63, 3.8) is 0 Å². The van der Waals surface area contributed by atoms with E-state index in [-0.39, 0.29) is 17.2 Å². The Labute approximate surface area is 80.5 Å². The molecule has 4 heteroatoms.